The first-order valence-electron chi connectivity index (χ1n) is 7.14. The molecule has 0 aliphatic heterocycles. The molecule has 1 aromatic carbocycles. The van der Waals surface area contributed by atoms with Crippen LogP contribution in [0.5, 0.6) is 0 Å². The summed E-state index contributed by atoms with van der Waals surface area (Å²) in [6.45, 7) is 8.01. The van der Waals surface area contributed by atoms with Gasteiger partial charge in [0.15, 0.2) is 0 Å². The van der Waals surface area contributed by atoms with E-state index in [1.807, 2.05) is 33.8 Å². The van der Waals surface area contributed by atoms with Crippen molar-refractivity contribution in [2.45, 2.75) is 53.0 Å². The topological polar surface area (TPSA) is 55.1 Å². The first-order chi connectivity index (χ1) is 9.31. The zero-order chi connectivity index (χ0) is 15.3. The molecule has 3 N–H and O–H groups in total. The van der Waals surface area contributed by atoms with Crippen molar-refractivity contribution in [1.82, 2.24) is 0 Å². The average Bonchev–Trinajstić information content (AvgIpc) is 2.32. The Labute approximate surface area is 130 Å². The molecule has 1 aromatic rings. The van der Waals surface area contributed by atoms with Crippen LogP contribution in [0.3, 0.4) is 0 Å². The van der Waals surface area contributed by atoms with Crippen LogP contribution in [-0.2, 0) is 4.79 Å². The van der Waals surface area contributed by atoms with Crippen LogP contribution in [0, 0.1) is 19.8 Å². The highest BCUT2D eigenvalue weighted by Crippen LogP contribution is 2.28. The number of carbonyl (C=O) groups excluding carboxylic acids is 1. The van der Waals surface area contributed by atoms with Gasteiger partial charge in [-0.2, -0.15) is 0 Å². The molecular weight excluding hydrogens is 316 g/mol. The molecule has 2 unspecified atom stereocenters. The molecule has 0 heterocycles. The monoisotopic (exact) mass is 340 g/mol. The average molecular weight is 341 g/mol. The van der Waals surface area contributed by atoms with Crippen LogP contribution in [0.15, 0.2) is 16.6 Å². The maximum Gasteiger partial charge on any atom is 0.227 e. The normalized spacial score (nSPS) is 13.9. The van der Waals surface area contributed by atoms with Crippen LogP contribution in [0.4, 0.5) is 5.69 Å². The standard InChI is InChI=1S/C16H25BrN2O/c1-10-8-12(3)15(14(17)9-10)19-16(20)11(2)6-5-7-13(4)18/h8-9,11,13H,5-7,18H2,1-4H3,(H,19,20). The Hall–Kier alpha value is -0.870. The number of halogens is 1. The molecule has 2 atom stereocenters. The Kier molecular flexibility index (Phi) is 6.69. The van der Waals surface area contributed by atoms with Gasteiger partial charge in [-0.05, 0) is 66.7 Å². The molecule has 0 saturated carbocycles. The molecule has 1 amide bonds. The zero-order valence-electron chi connectivity index (χ0n) is 12.8. The summed E-state index contributed by atoms with van der Waals surface area (Å²) in [7, 11) is 0. The quantitative estimate of drug-likeness (QED) is 0.816. The van der Waals surface area contributed by atoms with Crippen molar-refractivity contribution in [2.75, 3.05) is 5.32 Å². The second-order valence-electron chi connectivity index (χ2n) is 5.74. The van der Waals surface area contributed by atoms with Gasteiger partial charge in [0.25, 0.3) is 0 Å². The SMILES string of the molecule is Cc1cc(C)c(NC(=O)C(C)CCCC(C)N)c(Br)c1. The highest BCUT2D eigenvalue weighted by Gasteiger charge is 2.15. The van der Waals surface area contributed by atoms with E-state index in [0.717, 1.165) is 35.0 Å². The van der Waals surface area contributed by atoms with Gasteiger partial charge in [0, 0.05) is 16.4 Å². The smallest absolute Gasteiger partial charge is 0.227 e. The summed E-state index contributed by atoms with van der Waals surface area (Å²) < 4.78 is 0.936. The largest absolute Gasteiger partial charge is 0.328 e. The number of amides is 1. The van der Waals surface area contributed by atoms with E-state index in [2.05, 4.69) is 27.3 Å². The second-order valence-corrected chi connectivity index (χ2v) is 6.59. The van der Waals surface area contributed by atoms with Gasteiger partial charge in [-0.25, -0.2) is 0 Å². The summed E-state index contributed by atoms with van der Waals surface area (Å²) in [6, 6.07) is 4.29. The van der Waals surface area contributed by atoms with Crippen molar-refractivity contribution in [1.29, 1.82) is 0 Å². The Morgan fingerprint density at radius 2 is 1.95 bits per heavy atom. The Morgan fingerprint density at radius 1 is 1.30 bits per heavy atom. The minimum absolute atomic E-state index is 0.00125. The summed E-state index contributed by atoms with van der Waals surface area (Å²) in [5, 5.41) is 3.03. The summed E-state index contributed by atoms with van der Waals surface area (Å²) >= 11 is 3.52. The summed E-state index contributed by atoms with van der Waals surface area (Å²) in [6.07, 6.45) is 2.82. The van der Waals surface area contributed by atoms with Crippen molar-refractivity contribution in [3.63, 3.8) is 0 Å². The van der Waals surface area contributed by atoms with Crippen LogP contribution < -0.4 is 11.1 Å². The number of rotatable bonds is 6. The van der Waals surface area contributed by atoms with Crippen LogP contribution in [0.1, 0.15) is 44.2 Å². The number of anilines is 1. The van der Waals surface area contributed by atoms with Crippen molar-refractivity contribution in [2.24, 2.45) is 11.7 Å². The Balaban J connectivity index is 2.62. The fourth-order valence-electron chi connectivity index (χ4n) is 2.20. The minimum atomic E-state index is 0.00125. The zero-order valence-corrected chi connectivity index (χ0v) is 14.4. The number of carbonyl (C=O) groups is 1. The molecule has 0 spiro atoms. The number of nitrogens with one attached hydrogen (secondary N) is 1. The van der Waals surface area contributed by atoms with Gasteiger partial charge in [0.05, 0.1) is 5.69 Å². The molecule has 0 aliphatic rings. The van der Waals surface area contributed by atoms with Gasteiger partial charge in [-0.15, -0.1) is 0 Å². The van der Waals surface area contributed by atoms with Gasteiger partial charge >= 0.3 is 0 Å². The first-order valence-corrected chi connectivity index (χ1v) is 7.93. The third kappa shape index (κ3) is 5.25. The molecule has 0 radical (unpaired) electrons. The van der Waals surface area contributed by atoms with Crippen LogP contribution in [0.2, 0.25) is 0 Å². The van der Waals surface area contributed by atoms with Crippen LogP contribution in [0.25, 0.3) is 0 Å². The Bertz CT molecular complexity index is 449. The molecule has 20 heavy (non-hydrogen) atoms. The van der Waals surface area contributed by atoms with Crippen LogP contribution in [-0.4, -0.2) is 11.9 Å². The Morgan fingerprint density at radius 3 is 2.50 bits per heavy atom. The lowest BCUT2D eigenvalue weighted by Gasteiger charge is -2.16. The van der Waals surface area contributed by atoms with Gasteiger partial charge < -0.3 is 11.1 Å². The number of hydrogen-bond acceptors (Lipinski definition) is 2. The molecule has 0 aromatic heterocycles. The van der Waals surface area contributed by atoms with Crippen molar-refractivity contribution in [3.05, 3.63) is 27.7 Å². The lowest BCUT2D eigenvalue weighted by atomic mass is 10.0. The molecule has 0 bridgehead atoms. The molecule has 4 heteroatoms. The summed E-state index contributed by atoms with van der Waals surface area (Å²) in [4.78, 5) is 12.2. The van der Waals surface area contributed by atoms with E-state index in [1.165, 1.54) is 5.56 Å². The highest BCUT2D eigenvalue weighted by atomic mass is 79.9. The number of nitrogens with two attached hydrogens (primary N) is 1. The summed E-state index contributed by atoms with van der Waals surface area (Å²) in [5.41, 5.74) is 8.86. The predicted octanol–water partition coefficient (Wildman–Crippen LogP) is 4.16. The van der Waals surface area contributed by atoms with Gasteiger partial charge in [0.2, 0.25) is 5.91 Å². The fraction of sp³-hybridized carbons (Fsp3) is 0.562. The second kappa shape index (κ2) is 7.79. The van der Waals surface area contributed by atoms with E-state index in [9.17, 15) is 4.79 Å². The van der Waals surface area contributed by atoms with Gasteiger partial charge in [0.1, 0.15) is 0 Å². The van der Waals surface area contributed by atoms with Crippen molar-refractivity contribution in [3.8, 4) is 0 Å². The lowest BCUT2D eigenvalue weighted by Crippen LogP contribution is -2.22. The number of benzene rings is 1. The molecule has 0 fully saturated rings. The van der Waals surface area contributed by atoms with E-state index in [1.54, 1.807) is 0 Å². The number of hydrogen-bond donors (Lipinski definition) is 2. The minimum Gasteiger partial charge on any atom is -0.328 e. The molecule has 0 aliphatic carbocycles. The van der Waals surface area contributed by atoms with Crippen molar-refractivity contribution >= 4 is 27.5 Å². The molecular formula is C16H25BrN2O. The predicted molar refractivity (Wildman–Crippen MR) is 88.9 cm³/mol. The third-order valence-electron chi connectivity index (χ3n) is 3.42. The van der Waals surface area contributed by atoms with E-state index < -0.39 is 0 Å². The molecule has 0 saturated heterocycles. The van der Waals surface area contributed by atoms with Crippen LogP contribution >= 0.6 is 15.9 Å². The highest BCUT2D eigenvalue weighted by molar-refractivity contribution is 9.10. The maximum absolute atomic E-state index is 12.2. The fourth-order valence-corrected chi connectivity index (χ4v) is 2.97. The number of aryl methyl sites for hydroxylation is 2. The maximum atomic E-state index is 12.2. The van der Waals surface area contributed by atoms with E-state index in [4.69, 9.17) is 5.73 Å². The van der Waals surface area contributed by atoms with Gasteiger partial charge in [-0.1, -0.05) is 19.4 Å². The van der Waals surface area contributed by atoms with Gasteiger partial charge in [-0.3, -0.25) is 4.79 Å². The van der Waals surface area contributed by atoms with E-state index in [0.29, 0.717) is 0 Å². The summed E-state index contributed by atoms with van der Waals surface area (Å²) in [5.74, 6) is 0.0729. The molecule has 3 nitrogen and oxygen atoms in total. The third-order valence-corrected chi connectivity index (χ3v) is 4.05. The molecule has 1 rings (SSSR count). The van der Waals surface area contributed by atoms with E-state index in [-0.39, 0.29) is 17.9 Å². The van der Waals surface area contributed by atoms with Crippen molar-refractivity contribution < 1.29 is 4.79 Å². The van der Waals surface area contributed by atoms with E-state index >= 15 is 0 Å². The first kappa shape index (κ1) is 17.2. The molecule has 112 valence electrons. The lowest BCUT2D eigenvalue weighted by molar-refractivity contribution is -0.119.